The van der Waals surface area contributed by atoms with Crippen molar-refractivity contribution in [3.05, 3.63) is 47.0 Å². The molecule has 1 spiro atoms. The lowest BCUT2D eigenvalue weighted by Crippen LogP contribution is -2.51. The molecule has 3 atom stereocenters. The van der Waals surface area contributed by atoms with Crippen LogP contribution < -0.4 is 0 Å². The van der Waals surface area contributed by atoms with Gasteiger partial charge >= 0.3 is 5.97 Å². The number of nitrogens with zero attached hydrogens (tertiary/aromatic N) is 4. The highest BCUT2D eigenvalue weighted by molar-refractivity contribution is 5.89. The topological polar surface area (TPSA) is 88.3 Å². The Morgan fingerprint density at radius 3 is 2.89 bits per heavy atom. The molecular weight excluding hydrogens is 344 g/mol. The van der Waals surface area contributed by atoms with Gasteiger partial charge in [-0.1, -0.05) is 24.3 Å². The van der Waals surface area contributed by atoms with Gasteiger partial charge in [0.1, 0.15) is 11.9 Å². The van der Waals surface area contributed by atoms with Crippen molar-refractivity contribution >= 4 is 11.9 Å². The molecule has 1 N–H and O–H groups in total. The highest BCUT2D eigenvalue weighted by Crippen LogP contribution is 2.61. The molecule has 5 rings (SSSR count). The second-order valence-corrected chi connectivity index (χ2v) is 8.02. The average Bonchev–Trinajstić information content (AvgIpc) is 3.27. The summed E-state index contributed by atoms with van der Waals surface area (Å²) < 4.78 is 1.81. The van der Waals surface area contributed by atoms with Crippen LogP contribution in [-0.2, 0) is 34.5 Å². The van der Waals surface area contributed by atoms with E-state index in [9.17, 15) is 14.7 Å². The Kier molecular flexibility index (Phi) is 3.44. The summed E-state index contributed by atoms with van der Waals surface area (Å²) in [5.74, 6) is 0.202. The van der Waals surface area contributed by atoms with Gasteiger partial charge in [-0.3, -0.25) is 4.79 Å². The molecule has 3 unspecified atom stereocenters. The van der Waals surface area contributed by atoms with Crippen molar-refractivity contribution in [1.82, 2.24) is 19.7 Å². The minimum absolute atomic E-state index is 0.0500. The van der Waals surface area contributed by atoms with Crippen LogP contribution >= 0.6 is 0 Å². The molecule has 1 saturated carbocycles. The summed E-state index contributed by atoms with van der Waals surface area (Å²) in [6, 6.07) is 7.53. The van der Waals surface area contributed by atoms with Gasteiger partial charge in [-0.05, 0) is 43.7 Å². The summed E-state index contributed by atoms with van der Waals surface area (Å²) in [5.41, 5.74) is 2.52. The second-order valence-electron chi connectivity index (χ2n) is 8.02. The number of aliphatic carboxylic acids is 1. The zero-order chi connectivity index (χ0) is 18.8. The van der Waals surface area contributed by atoms with Crippen LogP contribution in [0.5, 0.6) is 0 Å². The molecule has 0 bridgehead atoms. The summed E-state index contributed by atoms with van der Waals surface area (Å²) in [4.78, 5) is 26.8. The average molecular weight is 366 g/mol. The maximum absolute atomic E-state index is 13.4. The Balaban J connectivity index is 1.46. The number of aromatic nitrogens is 3. The van der Waals surface area contributed by atoms with Crippen LogP contribution in [0.1, 0.15) is 42.0 Å². The molecule has 140 valence electrons. The molecule has 7 heteroatoms. The van der Waals surface area contributed by atoms with Gasteiger partial charge in [0.25, 0.3) is 0 Å². The van der Waals surface area contributed by atoms with Gasteiger partial charge in [-0.15, -0.1) is 10.2 Å². The largest absolute Gasteiger partial charge is 0.480 e. The van der Waals surface area contributed by atoms with Crippen molar-refractivity contribution in [2.45, 2.75) is 57.2 Å². The van der Waals surface area contributed by atoms with Gasteiger partial charge in [0.15, 0.2) is 5.82 Å². The lowest BCUT2D eigenvalue weighted by atomic mass is 9.78. The van der Waals surface area contributed by atoms with E-state index in [4.69, 9.17) is 0 Å². The van der Waals surface area contributed by atoms with Crippen molar-refractivity contribution in [2.24, 2.45) is 5.92 Å². The van der Waals surface area contributed by atoms with E-state index in [1.54, 1.807) is 4.57 Å². The number of carboxylic acids is 1. The first-order chi connectivity index (χ1) is 13.0. The molecule has 3 aliphatic rings. The number of fused-ring (bicyclic) bond motifs is 3. The number of carbonyl (C=O) groups is 2. The third kappa shape index (κ3) is 2.33. The van der Waals surface area contributed by atoms with E-state index in [0.29, 0.717) is 11.6 Å². The lowest BCUT2D eigenvalue weighted by Gasteiger charge is -2.35. The molecule has 1 aliphatic heterocycles. The van der Waals surface area contributed by atoms with Crippen LogP contribution in [0.25, 0.3) is 0 Å². The van der Waals surface area contributed by atoms with E-state index in [2.05, 4.69) is 28.4 Å². The van der Waals surface area contributed by atoms with Gasteiger partial charge in [-0.2, -0.15) is 0 Å². The van der Waals surface area contributed by atoms with Crippen LogP contribution in [0, 0.1) is 12.8 Å². The number of aryl methyl sites for hydroxylation is 2. The Hall–Kier alpha value is -2.70. The molecule has 0 saturated heterocycles. The zero-order valence-corrected chi connectivity index (χ0v) is 15.3. The summed E-state index contributed by atoms with van der Waals surface area (Å²) in [7, 11) is 0. The third-order valence-electron chi connectivity index (χ3n) is 6.62. The Morgan fingerprint density at radius 2 is 2.07 bits per heavy atom. The number of carbonyl (C=O) groups excluding carboxylic acids is 1. The SMILES string of the molecule is Cc1nnc2n1CC(C(=O)O)N(C(=O)C1CC13CCCc1ccccc13)C2. The van der Waals surface area contributed by atoms with Crippen molar-refractivity contribution in [1.29, 1.82) is 0 Å². The first kappa shape index (κ1) is 16.5. The van der Waals surface area contributed by atoms with E-state index < -0.39 is 12.0 Å². The highest BCUT2D eigenvalue weighted by atomic mass is 16.4. The molecular formula is C20H22N4O3. The van der Waals surface area contributed by atoms with Gasteiger partial charge < -0.3 is 14.6 Å². The minimum Gasteiger partial charge on any atom is -0.480 e. The highest BCUT2D eigenvalue weighted by Gasteiger charge is 2.61. The van der Waals surface area contributed by atoms with Gasteiger partial charge in [-0.25, -0.2) is 4.79 Å². The van der Waals surface area contributed by atoms with E-state index in [1.807, 2.05) is 13.0 Å². The predicted octanol–water partition coefficient (Wildman–Crippen LogP) is 1.68. The Labute approximate surface area is 157 Å². The lowest BCUT2D eigenvalue weighted by molar-refractivity contribution is -0.153. The number of hydrogen-bond acceptors (Lipinski definition) is 4. The standard InChI is InChI=1S/C20H22N4O3/c1-12-21-22-17-11-24(16(19(26)27)10-23(12)17)18(25)15-9-20(15)8-4-6-13-5-2-3-7-14(13)20/h2-3,5,7,15-16H,4,6,8-11H2,1H3,(H,26,27). The van der Waals surface area contributed by atoms with Crippen LogP contribution in [0.15, 0.2) is 24.3 Å². The first-order valence-corrected chi connectivity index (χ1v) is 9.51. The van der Waals surface area contributed by atoms with E-state index >= 15 is 0 Å². The Bertz CT molecular complexity index is 952. The maximum Gasteiger partial charge on any atom is 0.328 e. The van der Waals surface area contributed by atoms with Crippen LogP contribution in [0.3, 0.4) is 0 Å². The summed E-state index contributed by atoms with van der Waals surface area (Å²) in [5, 5.41) is 17.9. The van der Waals surface area contributed by atoms with Crippen molar-refractivity contribution in [3.8, 4) is 0 Å². The molecule has 1 fully saturated rings. The Morgan fingerprint density at radius 1 is 1.26 bits per heavy atom. The molecule has 2 aliphatic carbocycles. The van der Waals surface area contributed by atoms with Crippen molar-refractivity contribution < 1.29 is 14.7 Å². The van der Waals surface area contributed by atoms with Crippen LogP contribution in [-0.4, -0.2) is 42.7 Å². The quantitative estimate of drug-likeness (QED) is 0.874. The number of carboxylic acid groups (broad SMARTS) is 1. The predicted molar refractivity (Wildman–Crippen MR) is 95.9 cm³/mol. The molecule has 1 aromatic heterocycles. The molecule has 7 nitrogen and oxygen atoms in total. The van der Waals surface area contributed by atoms with Crippen molar-refractivity contribution in [3.63, 3.8) is 0 Å². The van der Waals surface area contributed by atoms with Gasteiger partial charge in [0.05, 0.1) is 13.1 Å². The molecule has 2 heterocycles. The van der Waals surface area contributed by atoms with Gasteiger partial charge in [0, 0.05) is 11.3 Å². The number of hydrogen-bond donors (Lipinski definition) is 1. The first-order valence-electron chi connectivity index (χ1n) is 9.51. The molecule has 27 heavy (non-hydrogen) atoms. The van der Waals surface area contributed by atoms with Crippen LogP contribution in [0.4, 0.5) is 0 Å². The van der Waals surface area contributed by atoms with Crippen LogP contribution in [0.2, 0.25) is 0 Å². The number of benzene rings is 1. The summed E-state index contributed by atoms with van der Waals surface area (Å²) >= 11 is 0. The molecule has 1 amide bonds. The fourth-order valence-electron chi connectivity index (χ4n) is 5.11. The zero-order valence-electron chi connectivity index (χ0n) is 15.3. The summed E-state index contributed by atoms with van der Waals surface area (Å²) in [6.45, 7) is 2.23. The fraction of sp³-hybridized carbons (Fsp3) is 0.500. The van der Waals surface area contributed by atoms with E-state index in [-0.39, 0.29) is 30.3 Å². The summed E-state index contributed by atoms with van der Waals surface area (Å²) in [6.07, 6.45) is 3.96. The number of amides is 1. The third-order valence-corrected chi connectivity index (χ3v) is 6.62. The normalized spacial score (nSPS) is 28.6. The second kappa shape index (κ2) is 5.65. The van der Waals surface area contributed by atoms with E-state index in [1.165, 1.54) is 16.0 Å². The van der Waals surface area contributed by atoms with Crippen molar-refractivity contribution in [2.75, 3.05) is 0 Å². The fourth-order valence-corrected chi connectivity index (χ4v) is 5.11. The molecule has 2 aromatic rings. The van der Waals surface area contributed by atoms with E-state index in [0.717, 1.165) is 25.7 Å². The smallest absolute Gasteiger partial charge is 0.328 e. The molecule has 1 aromatic carbocycles. The van der Waals surface area contributed by atoms with Gasteiger partial charge in [0.2, 0.25) is 5.91 Å². The monoisotopic (exact) mass is 366 g/mol. The minimum atomic E-state index is -0.971. The maximum atomic E-state index is 13.4. The molecule has 0 radical (unpaired) electrons. The number of rotatable bonds is 2.